The molecule has 3 nitrogen and oxygen atoms in total. The van der Waals surface area contributed by atoms with Crippen LogP contribution in [0.1, 0.15) is 18.9 Å². The van der Waals surface area contributed by atoms with Gasteiger partial charge in [0.15, 0.2) is 0 Å². The summed E-state index contributed by atoms with van der Waals surface area (Å²) < 4.78 is 0. The highest BCUT2D eigenvalue weighted by Gasteiger charge is 2.26. The summed E-state index contributed by atoms with van der Waals surface area (Å²) in [5, 5.41) is 0. The summed E-state index contributed by atoms with van der Waals surface area (Å²) in [6.07, 6.45) is 1.73. The van der Waals surface area contributed by atoms with Crippen molar-refractivity contribution in [1.29, 1.82) is 0 Å². The molecule has 3 heteroatoms. The third kappa shape index (κ3) is 1.95. The van der Waals surface area contributed by atoms with Gasteiger partial charge in [0.2, 0.25) is 5.91 Å². The molecule has 0 fully saturated rings. The number of amides is 1. The zero-order valence-electron chi connectivity index (χ0n) is 9.65. The molecule has 1 heterocycles. The van der Waals surface area contributed by atoms with Crippen molar-refractivity contribution < 1.29 is 4.79 Å². The maximum Gasteiger partial charge on any atom is 0.229 e. The lowest BCUT2D eigenvalue weighted by Gasteiger charge is -2.21. The summed E-state index contributed by atoms with van der Waals surface area (Å²) in [4.78, 5) is 14.1. The Kier molecular flexibility index (Phi) is 3.25. The number of hydrogen-bond donors (Lipinski definition) is 1. The van der Waals surface area contributed by atoms with Crippen molar-refractivity contribution in [2.75, 3.05) is 18.0 Å². The van der Waals surface area contributed by atoms with Crippen LogP contribution in [-0.2, 0) is 11.2 Å². The second kappa shape index (κ2) is 4.66. The summed E-state index contributed by atoms with van der Waals surface area (Å²) in [6, 6.07) is 8.12. The SMILES string of the molecule is CC(CCN)C(=O)N1CCc2ccccc21. The summed E-state index contributed by atoms with van der Waals surface area (Å²) in [5.74, 6) is 0.228. The molecule has 2 N–H and O–H groups in total. The lowest BCUT2D eigenvalue weighted by molar-refractivity contribution is -0.121. The molecule has 1 aromatic carbocycles. The highest BCUT2D eigenvalue weighted by Crippen LogP contribution is 2.28. The topological polar surface area (TPSA) is 46.3 Å². The van der Waals surface area contributed by atoms with Crippen LogP contribution in [0, 0.1) is 5.92 Å². The zero-order valence-corrected chi connectivity index (χ0v) is 9.65. The number of anilines is 1. The summed E-state index contributed by atoms with van der Waals surface area (Å²) in [7, 11) is 0. The van der Waals surface area contributed by atoms with Gasteiger partial charge in [-0.3, -0.25) is 4.79 Å². The molecular weight excluding hydrogens is 200 g/mol. The predicted molar refractivity (Wildman–Crippen MR) is 65.3 cm³/mol. The minimum absolute atomic E-state index is 0.0242. The molecule has 0 aliphatic carbocycles. The molecule has 1 amide bonds. The van der Waals surface area contributed by atoms with E-state index in [0.29, 0.717) is 6.54 Å². The van der Waals surface area contributed by atoms with Crippen LogP contribution in [0.2, 0.25) is 0 Å². The Morgan fingerprint density at radius 2 is 2.25 bits per heavy atom. The van der Waals surface area contributed by atoms with Gasteiger partial charge in [-0.25, -0.2) is 0 Å². The molecule has 1 aliphatic rings. The Labute approximate surface area is 96.2 Å². The van der Waals surface area contributed by atoms with Crippen molar-refractivity contribution in [3.63, 3.8) is 0 Å². The van der Waals surface area contributed by atoms with E-state index >= 15 is 0 Å². The van der Waals surface area contributed by atoms with Crippen molar-refractivity contribution in [1.82, 2.24) is 0 Å². The average molecular weight is 218 g/mol. The van der Waals surface area contributed by atoms with E-state index in [9.17, 15) is 4.79 Å². The highest BCUT2D eigenvalue weighted by molar-refractivity contribution is 5.96. The first-order valence-electron chi connectivity index (χ1n) is 5.83. The molecule has 1 aliphatic heterocycles. The highest BCUT2D eigenvalue weighted by atomic mass is 16.2. The van der Waals surface area contributed by atoms with E-state index in [2.05, 4.69) is 6.07 Å². The van der Waals surface area contributed by atoms with Gasteiger partial charge in [-0.2, -0.15) is 0 Å². The molecule has 0 aromatic heterocycles. The van der Waals surface area contributed by atoms with Gasteiger partial charge >= 0.3 is 0 Å². The van der Waals surface area contributed by atoms with Gasteiger partial charge in [-0.05, 0) is 31.0 Å². The number of hydrogen-bond acceptors (Lipinski definition) is 2. The largest absolute Gasteiger partial charge is 0.330 e. The van der Waals surface area contributed by atoms with Crippen LogP contribution in [0.5, 0.6) is 0 Å². The van der Waals surface area contributed by atoms with Crippen molar-refractivity contribution in [3.05, 3.63) is 29.8 Å². The van der Waals surface area contributed by atoms with E-state index in [1.165, 1.54) is 5.56 Å². The third-order valence-electron chi connectivity index (χ3n) is 3.17. The van der Waals surface area contributed by atoms with Gasteiger partial charge in [0.1, 0.15) is 0 Å². The lowest BCUT2D eigenvalue weighted by atomic mass is 10.1. The van der Waals surface area contributed by atoms with Crippen LogP contribution in [0.4, 0.5) is 5.69 Å². The van der Waals surface area contributed by atoms with Gasteiger partial charge in [-0.15, -0.1) is 0 Å². The molecule has 1 aromatic rings. The van der Waals surface area contributed by atoms with Crippen LogP contribution in [0.15, 0.2) is 24.3 Å². The summed E-state index contributed by atoms with van der Waals surface area (Å²) in [5.41, 5.74) is 7.84. The second-order valence-electron chi connectivity index (χ2n) is 4.35. The Morgan fingerprint density at radius 1 is 1.50 bits per heavy atom. The lowest BCUT2D eigenvalue weighted by Crippen LogP contribution is -2.34. The molecule has 0 spiro atoms. The Morgan fingerprint density at radius 3 is 3.00 bits per heavy atom. The van der Waals surface area contributed by atoms with Gasteiger partial charge in [0.05, 0.1) is 0 Å². The van der Waals surface area contributed by atoms with Gasteiger partial charge in [-0.1, -0.05) is 25.1 Å². The Balaban J connectivity index is 2.16. The smallest absolute Gasteiger partial charge is 0.229 e. The molecule has 1 unspecified atom stereocenters. The fourth-order valence-corrected chi connectivity index (χ4v) is 2.21. The fraction of sp³-hybridized carbons (Fsp3) is 0.462. The minimum atomic E-state index is 0.0242. The number of rotatable bonds is 3. The van der Waals surface area contributed by atoms with Crippen LogP contribution in [0.25, 0.3) is 0 Å². The summed E-state index contributed by atoms with van der Waals surface area (Å²) >= 11 is 0. The second-order valence-corrected chi connectivity index (χ2v) is 4.35. The number of carbonyl (C=O) groups excluding carboxylic acids is 1. The van der Waals surface area contributed by atoms with Crippen LogP contribution < -0.4 is 10.6 Å². The first-order valence-corrected chi connectivity index (χ1v) is 5.83. The zero-order chi connectivity index (χ0) is 11.5. The first kappa shape index (κ1) is 11.1. The van der Waals surface area contributed by atoms with Crippen LogP contribution in [-0.4, -0.2) is 19.0 Å². The van der Waals surface area contributed by atoms with Gasteiger partial charge in [0, 0.05) is 18.2 Å². The summed E-state index contributed by atoms with van der Waals surface area (Å²) in [6.45, 7) is 3.34. The van der Waals surface area contributed by atoms with Crippen molar-refractivity contribution >= 4 is 11.6 Å². The average Bonchev–Trinajstić information content (AvgIpc) is 2.72. The maximum absolute atomic E-state index is 12.2. The third-order valence-corrected chi connectivity index (χ3v) is 3.17. The molecule has 0 radical (unpaired) electrons. The number of nitrogens with zero attached hydrogens (tertiary/aromatic N) is 1. The van der Waals surface area contributed by atoms with E-state index in [4.69, 9.17) is 5.73 Å². The van der Waals surface area contributed by atoms with Crippen LogP contribution in [0.3, 0.4) is 0 Å². The van der Waals surface area contributed by atoms with E-state index in [1.807, 2.05) is 30.0 Å². The fourth-order valence-electron chi connectivity index (χ4n) is 2.21. The van der Waals surface area contributed by atoms with Crippen molar-refractivity contribution in [2.24, 2.45) is 11.7 Å². The maximum atomic E-state index is 12.2. The van der Waals surface area contributed by atoms with Crippen LogP contribution >= 0.6 is 0 Å². The Bertz CT molecular complexity index is 389. The van der Waals surface area contributed by atoms with Crippen molar-refractivity contribution in [2.45, 2.75) is 19.8 Å². The number of fused-ring (bicyclic) bond motifs is 1. The molecular formula is C13H18N2O. The minimum Gasteiger partial charge on any atom is -0.330 e. The Hall–Kier alpha value is -1.35. The standard InChI is InChI=1S/C13H18N2O/c1-10(6-8-14)13(16)15-9-7-11-4-2-3-5-12(11)15/h2-5,10H,6-9,14H2,1H3. The number of carbonyl (C=O) groups is 1. The quantitative estimate of drug-likeness (QED) is 0.837. The van der Waals surface area contributed by atoms with Crippen molar-refractivity contribution in [3.8, 4) is 0 Å². The molecule has 16 heavy (non-hydrogen) atoms. The van der Waals surface area contributed by atoms with E-state index in [1.54, 1.807) is 0 Å². The first-order chi connectivity index (χ1) is 7.74. The number of para-hydroxylation sites is 1. The monoisotopic (exact) mass is 218 g/mol. The molecule has 2 rings (SSSR count). The van der Waals surface area contributed by atoms with Gasteiger partial charge < -0.3 is 10.6 Å². The molecule has 0 bridgehead atoms. The number of nitrogens with two attached hydrogens (primary N) is 1. The van der Waals surface area contributed by atoms with Gasteiger partial charge in [0.25, 0.3) is 0 Å². The molecule has 0 saturated carbocycles. The molecule has 86 valence electrons. The molecule has 1 atom stereocenters. The normalized spacial score (nSPS) is 16.0. The molecule has 0 saturated heterocycles. The number of benzene rings is 1. The van der Waals surface area contributed by atoms with E-state index < -0.39 is 0 Å². The van der Waals surface area contributed by atoms with E-state index in [0.717, 1.165) is 25.1 Å². The van der Waals surface area contributed by atoms with E-state index in [-0.39, 0.29) is 11.8 Å². The predicted octanol–water partition coefficient (Wildman–Crippen LogP) is 1.56.